The number of hydrogen-bond acceptors (Lipinski definition) is 3. The molecule has 36 heavy (non-hydrogen) atoms. The number of nitrogens with one attached hydrogen (secondary N) is 1. The summed E-state index contributed by atoms with van der Waals surface area (Å²) in [6.07, 6.45) is 2.82. The van der Waals surface area contributed by atoms with Gasteiger partial charge in [0.25, 0.3) is 0 Å². The van der Waals surface area contributed by atoms with Crippen LogP contribution in [0.2, 0.25) is 0 Å². The van der Waals surface area contributed by atoms with E-state index in [9.17, 15) is 9.59 Å². The van der Waals surface area contributed by atoms with Crippen LogP contribution in [-0.4, -0.2) is 35.1 Å². The number of unbranched alkanes of at least 4 members (excludes halogenated alkanes) is 1. The summed E-state index contributed by atoms with van der Waals surface area (Å²) in [6, 6.07) is 27.8. The van der Waals surface area contributed by atoms with Crippen molar-refractivity contribution in [1.82, 2.24) is 10.2 Å². The Labute approximate surface area is 220 Å². The van der Waals surface area contributed by atoms with Gasteiger partial charge in [0.2, 0.25) is 11.8 Å². The Hall–Kier alpha value is -3.05. The zero-order valence-electron chi connectivity index (χ0n) is 21.5. The quantitative estimate of drug-likeness (QED) is 0.268. The number of thioether (sulfide) groups is 1. The van der Waals surface area contributed by atoms with Crippen molar-refractivity contribution < 1.29 is 9.59 Å². The van der Waals surface area contributed by atoms with Gasteiger partial charge in [-0.05, 0) is 35.6 Å². The van der Waals surface area contributed by atoms with Gasteiger partial charge in [0.05, 0.1) is 0 Å². The molecular weight excluding hydrogens is 464 g/mol. The molecule has 4 nitrogen and oxygen atoms in total. The second-order valence-corrected chi connectivity index (χ2v) is 10.2. The highest BCUT2D eigenvalue weighted by Gasteiger charge is 2.30. The molecule has 0 aliphatic heterocycles. The molecule has 0 spiro atoms. The maximum atomic E-state index is 13.7. The van der Waals surface area contributed by atoms with E-state index in [-0.39, 0.29) is 11.8 Å². The van der Waals surface area contributed by atoms with Gasteiger partial charge in [-0.2, -0.15) is 11.8 Å². The van der Waals surface area contributed by atoms with Gasteiger partial charge in [-0.1, -0.05) is 98.3 Å². The van der Waals surface area contributed by atoms with E-state index in [2.05, 4.69) is 37.4 Å². The number of amides is 2. The minimum absolute atomic E-state index is 0.0189. The predicted molar refractivity (Wildman–Crippen MR) is 151 cm³/mol. The lowest BCUT2D eigenvalue weighted by Crippen LogP contribution is -2.50. The van der Waals surface area contributed by atoms with Gasteiger partial charge in [-0.3, -0.25) is 9.59 Å². The first-order valence-electron chi connectivity index (χ1n) is 12.9. The fourth-order valence-electron chi connectivity index (χ4n) is 4.10. The summed E-state index contributed by atoms with van der Waals surface area (Å²) in [7, 11) is 0. The molecule has 5 heteroatoms. The molecule has 0 heterocycles. The van der Waals surface area contributed by atoms with E-state index in [1.54, 1.807) is 16.7 Å². The number of aryl methyl sites for hydroxylation is 1. The molecule has 190 valence electrons. The first-order valence-corrected chi connectivity index (χ1v) is 14.0. The van der Waals surface area contributed by atoms with Crippen LogP contribution in [-0.2, 0) is 28.3 Å². The summed E-state index contributed by atoms with van der Waals surface area (Å²) < 4.78 is 0. The second-order valence-electron chi connectivity index (χ2n) is 9.09. The van der Waals surface area contributed by atoms with Crippen LogP contribution in [0.15, 0.2) is 84.9 Å². The molecule has 0 saturated carbocycles. The molecule has 0 aromatic heterocycles. The smallest absolute Gasteiger partial charge is 0.243 e. The first kappa shape index (κ1) is 27.5. The third-order valence-corrected chi connectivity index (χ3v) is 7.30. The largest absolute Gasteiger partial charge is 0.354 e. The number of carbonyl (C=O) groups is 2. The molecule has 3 aromatic carbocycles. The van der Waals surface area contributed by atoms with Gasteiger partial charge in [0.1, 0.15) is 6.04 Å². The maximum absolute atomic E-state index is 13.7. The van der Waals surface area contributed by atoms with Crippen LogP contribution >= 0.6 is 11.8 Å². The summed E-state index contributed by atoms with van der Waals surface area (Å²) in [6.45, 7) is 5.21. The first-order chi connectivity index (χ1) is 17.6. The minimum atomic E-state index is -0.560. The van der Waals surface area contributed by atoms with Crippen molar-refractivity contribution in [2.75, 3.05) is 12.3 Å². The Bertz CT molecular complexity index is 1070. The molecule has 2 amide bonds. The summed E-state index contributed by atoms with van der Waals surface area (Å²) in [4.78, 5) is 28.9. The van der Waals surface area contributed by atoms with E-state index in [0.717, 1.165) is 35.3 Å². The van der Waals surface area contributed by atoms with Gasteiger partial charge < -0.3 is 10.2 Å². The topological polar surface area (TPSA) is 49.4 Å². The number of nitrogens with zero attached hydrogens (tertiary/aromatic N) is 1. The van der Waals surface area contributed by atoms with Crippen molar-refractivity contribution in [3.63, 3.8) is 0 Å². The van der Waals surface area contributed by atoms with Crippen LogP contribution in [0.25, 0.3) is 0 Å². The zero-order chi connectivity index (χ0) is 25.6. The zero-order valence-corrected chi connectivity index (χ0v) is 22.3. The fourth-order valence-corrected chi connectivity index (χ4v) is 4.99. The highest BCUT2D eigenvalue weighted by atomic mass is 32.2. The molecule has 1 unspecified atom stereocenters. The highest BCUT2D eigenvalue weighted by Crippen LogP contribution is 2.20. The van der Waals surface area contributed by atoms with Gasteiger partial charge >= 0.3 is 0 Å². The van der Waals surface area contributed by atoms with Gasteiger partial charge in [0, 0.05) is 37.4 Å². The Balaban J connectivity index is 1.79. The molecular formula is C31H38N2O2S. The summed E-state index contributed by atoms with van der Waals surface area (Å²) >= 11 is 1.75. The number of benzene rings is 3. The number of carbonyl (C=O) groups excluding carboxylic acids is 2. The van der Waals surface area contributed by atoms with Crippen LogP contribution in [0.5, 0.6) is 0 Å². The minimum Gasteiger partial charge on any atom is -0.354 e. The van der Waals surface area contributed by atoms with E-state index in [0.29, 0.717) is 31.7 Å². The van der Waals surface area contributed by atoms with Gasteiger partial charge in [-0.25, -0.2) is 0 Å². The maximum Gasteiger partial charge on any atom is 0.243 e. The highest BCUT2D eigenvalue weighted by molar-refractivity contribution is 7.98. The van der Waals surface area contributed by atoms with Crippen molar-refractivity contribution in [2.45, 2.75) is 57.9 Å². The van der Waals surface area contributed by atoms with E-state index >= 15 is 0 Å². The Morgan fingerprint density at radius 1 is 0.889 bits per heavy atom. The average Bonchev–Trinajstić information content (AvgIpc) is 2.91. The monoisotopic (exact) mass is 502 g/mol. The molecule has 3 rings (SSSR count). The van der Waals surface area contributed by atoms with Crippen LogP contribution < -0.4 is 5.32 Å². The molecule has 0 aliphatic carbocycles. The summed E-state index contributed by atoms with van der Waals surface area (Å²) in [5.74, 6) is 1.53. The number of hydrogen-bond donors (Lipinski definition) is 1. The lowest BCUT2D eigenvalue weighted by molar-refractivity contribution is -0.141. The number of rotatable bonds is 14. The Morgan fingerprint density at radius 3 is 2.19 bits per heavy atom. The molecule has 1 N–H and O–H groups in total. The van der Waals surface area contributed by atoms with Crippen molar-refractivity contribution in [3.8, 4) is 0 Å². The third kappa shape index (κ3) is 8.87. The van der Waals surface area contributed by atoms with Crippen molar-refractivity contribution in [1.29, 1.82) is 0 Å². The van der Waals surface area contributed by atoms with E-state index in [1.807, 2.05) is 66.7 Å². The molecule has 3 aromatic rings. The van der Waals surface area contributed by atoms with Gasteiger partial charge in [-0.15, -0.1) is 0 Å². The Morgan fingerprint density at radius 2 is 1.53 bits per heavy atom. The third-order valence-electron chi connectivity index (χ3n) is 6.27. The SMILES string of the molecule is CCCCNC(=O)C(Cc1ccccc1)N(Cc1ccccc1C)C(=O)CCSCc1ccccc1. The van der Waals surface area contributed by atoms with Gasteiger partial charge in [0.15, 0.2) is 0 Å². The normalized spacial score (nSPS) is 11.6. The van der Waals surface area contributed by atoms with Crippen molar-refractivity contribution >= 4 is 23.6 Å². The molecule has 0 aliphatic rings. The van der Waals surface area contributed by atoms with Crippen LogP contribution in [0.3, 0.4) is 0 Å². The molecule has 1 atom stereocenters. The lowest BCUT2D eigenvalue weighted by atomic mass is 10.0. The van der Waals surface area contributed by atoms with Crippen LogP contribution in [0.1, 0.15) is 48.4 Å². The van der Waals surface area contributed by atoms with E-state index in [4.69, 9.17) is 0 Å². The Kier molecular flexibility index (Phi) is 11.6. The molecule has 0 saturated heterocycles. The lowest BCUT2D eigenvalue weighted by Gasteiger charge is -2.32. The van der Waals surface area contributed by atoms with E-state index < -0.39 is 6.04 Å². The fraction of sp³-hybridized carbons (Fsp3) is 0.355. The summed E-state index contributed by atoms with van der Waals surface area (Å²) in [5.41, 5.74) is 4.50. The molecule has 0 fully saturated rings. The standard InChI is InChI=1S/C31H38N2O2S/c1-3-4-20-32-31(35)29(22-26-14-7-5-8-15-26)33(23-28-18-12-11-13-25(28)2)30(34)19-21-36-24-27-16-9-6-10-17-27/h5-18,29H,3-4,19-24H2,1-2H3,(H,32,35). The van der Waals surface area contributed by atoms with Crippen molar-refractivity contribution in [3.05, 3.63) is 107 Å². The molecule has 0 bridgehead atoms. The second kappa shape index (κ2) is 15.1. The average molecular weight is 503 g/mol. The van der Waals surface area contributed by atoms with Crippen LogP contribution in [0.4, 0.5) is 0 Å². The van der Waals surface area contributed by atoms with Crippen LogP contribution in [0, 0.1) is 6.92 Å². The summed E-state index contributed by atoms with van der Waals surface area (Å²) in [5, 5.41) is 3.09. The predicted octanol–water partition coefficient (Wildman–Crippen LogP) is 6.17. The van der Waals surface area contributed by atoms with Crippen molar-refractivity contribution in [2.24, 2.45) is 0 Å². The van der Waals surface area contributed by atoms with E-state index in [1.165, 1.54) is 5.56 Å². The molecule has 0 radical (unpaired) electrons.